The van der Waals surface area contributed by atoms with Gasteiger partial charge in [-0.2, -0.15) is 8.42 Å². The fourth-order valence-electron chi connectivity index (χ4n) is 3.50. The van der Waals surface area contributed by atoms with Crippen molar-refractivity contribution in [2.24, 2.45) is 0 Å². The Kier molecular flexibility index (Phi) is 9.08. The van der Waals surface area contributed by atoms with E-state index in [2.05, 4.69) is 0 Å². The summed E-state index contributed by atoms with van der Waals surface area (Å²) in [5, 5.41) is 11.2. The highest BCUT2D eigenvalue weighted by Crippen LogP contribution is 2.28. The number of hydrogen-bond donors (Lipinski definition) is 0. The Labute approximate surface area is 222 Å². The maximum atomic E-state index is 13.2. The highest BCUT2D eigenvalue weighted by atomic mass is 32.2. The molecule has 1 amide bonds. The first-order valence-electron chi connectivity index (χ1n) is 11.7. The molecule has 0 fully saturated rings. The first-order valence-corrected chi connectivity index (χ1v) is 13.1. The summed E-state index contributed by atoms with van der Waals surface area (Å²) in [6, 6.07) is 20.2. The van der Waals surface area contributed by atoms with E-state index in [1.807, 2.05) is 0 Å². The van der Waals surface area contributed by atoms with Gasteiger partial charge in [0.05, 0.1) is 18.6 Å². The van der Waals surface area contributed by atoms with Crippen LogP contribution in [0.2, 0.25) is 0 Å². The molecule has 10 nitrogen and oxygen atoms in total. The van der Waals surface area contributed by atoms with Crippen molar-refractivity contribution in [1.82, 2.24) is 4.90 Å². The van der Waals surface area contributed by atoms with Crippen LogP contribution in [-0.2, 0) is 25.6 Å². The zero-order valence-corrected chi connectivity index (χ0v) is 22.4. The SMILES string of the molecule is COc1ccc(CN(CC(OS(=O)(=O)c2cccc([N+](=O)[O-])c2)c2ccccc2)C(=O)OC(C)(C)C)cc1. The van der Waals surface area contributed by atoms with Crippen molar-refractivity contribution in [1.29, 1.82) is 0 Å². The topological polar surface area (TPSA) is 125 Å². The molecular weight excluding hydrogens is 512 g/mol. The summed E-state index contributed by atoms with van der Waals surface area (Å²) < 4.78 is 42.8. The Hall–Kier alpha value is -3.96. The van der Waals surface area contributed by atoms with E-state index < -0.39 is 32.8 Å². The first kappa shape index (κ1) is 28.6. The third-order valence-corrected chi connectivity index (χ3v) is 6.62. The highest BCUT2D eigenvalue weighted by molar-refractivity contribution is 7.86. The summed E-state index contributed by atoms with van der Waals surface area (Å²) >= 11 is 0. The molecule has 0 radical (unpaired) electrons. The van der Waals surface area contributed by atoms with Gasteiger partial charge >= 0.3 is 6.09 Å². The van der Waals surface area contributed by atoms with Gasteiger partial charge in [0.25, 0.3) is 15.8 Å². The molecule has 0 aromatic heterocycles. The Morgan fingerprint density at radius 2 is 1.66 bits per heavy atom. The van der Waals surface area contributed by atoms with Crippen molar-refractivity contribution in [3.05, 3.63) is 100 Å². The first-order chi connectivity index (χ1) is 17.9. The predicted octanol–water partition coefficient (Wildman–Crippen LogP) is 5.49. The predicted molar refractivity (Wildman–Crippen MR) is 140 cm³/mol. The van der Waals surface area contributed by atoms with Gasteiger partial charge in [0.2, 0.25) is 0 Å². The van der Waals surface area contributed by atoms with Gasteiger partial charge in [-0.1, -0.05) is 48.5 Å². The van der Waals surface area contributed by atoms with E-state index in [1.165, 1.54) is 23.1 Å². The lowest BCUT2D eigenvalue weighted by atomic mass is 10.1. The highest BCUT2D eigenvalue weighted by Gasteiger charge is 2.30. The quantitative estimate of drug-likeness (QED) is 0.187. The summed E-state index contributed by atoms with van der Waals surface area (Å²) in [7, 11) is -2.90. The number of carbonyl (C=O) groups is 1. The third kappa shape index (κ3) is 8.02. The number of benzene rings is 3. The lowest BCUT2D eigenvalue weighted by Crippen LogP contribution is -2.39. The van der Waals surface area contributed by atoms with Gasteiger partial charge in [-0.15, -0.1) is 0 Å². The van der Waals surface area contributed by atoms with E-state index in [4.69, 9.17) is 13.7 Å². The molecule has 0 spiro atoms. The monoisotopic (exact) mass is 542 g/mol. The number of amides is 1. The molecule has 1 unspecified atom stereocenters. The number of carbonyl (C=O) groups excluding carboxylic acids is 1. The standard InChI is InChI=1S/C27H30N2O8S/c1-27(2,3)36-26(30)28(18-20-13-15-23(35-4)16-14-20)19-25(21-9-6-5-7-10-21)37-38(33,34)24-12-8-11-22(17-24)29(31)32/h5-17,25H,18-19H2,1-4H3. The number of nitro benzene ring substituents is 1. The van der Waals surface area contributed by atoms with Crippen molar-refractivity contribution in [2.75, 3.05) is 13.7 Å². The Bertz CT molecular complexity index is 1350. The van der Waals surface area contributed by atoms with Crippen molar-refractivity contribution in [3.8, 4) is 5.75 Å². The average Bonchev–Trinajstić information content (AvgIpc) is 2.87. The van der Waals surface area contributed by atoms with Gasteiger partial charge in [0.1, 0.15) is 22.4 Å². The lowest BCUT2D eigenvalue weighted by molar-refractivity contribution is -0.385. The van der Waals surface area contributed by atoms with Gasteiger partial charge in [-0.25, -0.2) is 4.79 Å². The smallest absolute Gasteiger partial charge is 0.410 e. The van der Waals surface area contributed by atoms with E-state index in [0.717, 1.165) is 11.6 Å². The van der Waals surface area contributed by atoms with E-state index in [-0.39, 0.29) is 23.7 Å². The lowest BCUT2D eigenvalue weighted by Gasteiger charge is -2.30. The van der Waals surface area contributed by atoms with Crippen molar-refractivity contribution >= 4 is 21.9 Å². The fourth-order valence-corrected chi connectivity index (χ4v) is 4.60. The molecule has 0 saturated carbocycles. The van der Waals surface area contributed by atoms with Crippen LogP contribution in [0.4, 0.5) is 10.5 Å². The minimum atomic E-state index is -4.45. The van der Waals surface area contributed by atoms with Crippen LogP contribution in [0.25, 0.3) is 0 Å². The van der Waals surface area contributed by atoms with Gasteiger partial charge < -0.3 is 14.4 Å². The maximum Gasteiger partial charge on any atom is 0.410 e. The van der Waals surface area contributed by atoms with Crippen molar-refractivity contribution in [2.45, 2.75) is 43.9 Å². The number of non-ortho nitro benzene ring substituents is 1. The summed E-state index contributed by atoms with van der Waals surface area (Å²) in [5.41, 5.74) is 0.0588. The summed E-state index contributed by atoms with van der Waals surface area (Å²) in [4.78, 5) is 24.7. The van der Waals surface area contributed by atoms with E-state index >= 15 is 0 Å². The number of ether oxygens (including phenoxy) is 2. The zero-order valence-electron chi connectivity index (χ0n) is 21.6. The van der Waals surface area contributed by atoms with E-state index in [1.54, 1.807) is 82.5 Å². The number of nitrogens with zero attached hydrogens (tertiary/aromatic N) is 2. The van der Waals surface area contributed by atoms with Gasteiger partial charge in [-0.05, 0) is 50.1 Å². The molecule has 0 N–H and O–H groups in total. The summed E-state index contributed by atoms with van der Waals surface area (Å²) in [6.45, 7) is 5.11. The van der Waals surface area contributed by atoms with Crippen LogP contribution in [-0.4, -0.2) is 43.6 Å². The summed E-state index contributed by atoms with van der Waals surface area (Å²) in [5.74, 6) is 0.645. The molecule has 0 aliphatic heterocycles. The van der Waals surface area contributed by atoms with Gasteiger partial charge in [-0.3, -0.25) is 14.3 Å². The average molecular weight is 543 g/mol. The molecule has 3 rings (SSSR count). The minimum Gasteiger partial charge on any atom is -0.497 e. The van der Waals surface area contributed by atoms with Crippen molar-refractivity contribution < 1.29 is 31.8 Å². The Morgan fingerprint density at radius 1 is 1.00 bits per heavy atom. The molecule has 0 heterocycles. The van der Waals surface area contributed by atoms with Crippen LogP contribution in [0.5, 0.6) is 5.75 Å². The molecule has 3 aromatic carbocycles. The number of rotatable bonds is 10. The molecule has 0 aliphatic carbocycles. The molecule has 38 heavy (non-hydrogen) atoms. The molecule has 11 heteroatoms. The van der Waals surface area contributed by atoms with E-state index in [0.29, 0.717) is 11.3 Å². The number of hydrogen-bond acceptors (Lipinski definition) is 8. The van der Waals surface area contributed by atoms with Crippen molar-refractivity contribution in [3.63, 3.8) is 0 Å². The Morgan fingerprint density at radius 3 is 2.24 bits per heavy atom. The second-order valence-corrected chi connectivity index (χ2v) is 11.0. The van der Waals surface area contributed by atoms with Gasteiger partial charge in [0.15, 0.2) is 0 Å². The molecule has 0 aliphatic rings. The summed E-state index contributed by atoms with van der Waals surface area (Å²) in [6.07, 6.45) is -1.79. The number of methoxy groups -OCH3 is 1. The molecule has 202 valence electrons. The second kappa shape index (κ2) is 12.1. The maximum absolute atomic E-state index is 13.2. The third-order valence-electron chi connectivity index (χ3n) is 5.30. The van der Waals surface area contributed by atoms with Crippen LogP contribution in [0.3, 0.4) is 0 Å². The molecule has 0 bridgehead atoms. The molecule has 0 saturated heterocycles. The Balaban J connectivity index is 1.97. The van der Waals surface area contributed by atoms with Gasteiger partial charge in [0, 0.05) is 18.7 Å². The largest absolute Gasteiger partial charge is 0.497 e. The normalized spacial score (nSPS) is 12.4. The van der Waals surface area contributed by atoms with Crippen LogP contribution < -0.4 is 4.74 Å². The molecular formula is C27H30N2O8S. The minimum absolute atomic E-state index is 0.0997. The zero-order chi connectivity index (χ0) is 27.9. The van der Waals surface area contributed by atoms with Crippen LogP contribution in [0, 0.1) is 10.1 Å². The van der Waals surface area contributed by atoms with Crippen LogP contribution in [0.1, 0.15) is 38.0 Å². The second-order valence-electron chi connectivity index (χ2n) is 9.41. The molecule has 1 atom stereocenters. The number of nitro groups is 1. The van der Waals surface area contributed by atoms with Crippen LogP contribution >= 0.6 is 0 Å². The van der Waals surface area contributed by atoms with Crippen LogP contribution in [0.15, 0.2) is 83.8 Å². The molecule has 3 aromatic rings. The van der Waals surface area contributed by atoms with E-state index in [9.17, 15) is 23.3 Å². The fraction of sp³-hybridized carbons (Fsp3) is 0.296.